The van der Waals surface area contributed by atoms with E-state index in [1.165, 1.54) is 30.5 Å². The van der Waals surface area contributed by atoms with Crippen LogP contribution in [0.15, 0.2) is 54.7 Å². The summed E-state index contributed by atoms with van der Waals surface area (Å²) in [6, 6.07) is 11.8. The molecule has 0 aliphatic rings. The van der Waals surface area contributed by atoms with E-state index < -0.39 is 0 Å². The molecule has 5 heteroatoms. The summed E-state index contributed by atoms with van der Waals surface area (Å²) in [4.78, 5) is 8.52. The quantitative estimate of drug-likeness (QED) is 0.683. The molecule has 3 rings (SSSR count). The van der Waals surface area contributed by atoms with Crippen LogP contribution in [0.4, 0.5) is 8.78 Å². The molecule has 21 heavy (non-hydrogen) atoms. The second kappa shape index (κ2) is 5.58. The van der Waals surface area contributed by atoms with Gasteiger partial charge in [-0.25, -0.2) is 13.8 Å². The zero-order chi connectivity index (χ0) is 14.8. The van der Waals surface area contributed by atoms with Gasteiger partial charge in [0, 0.05) is 11.1 Å². The molecule has 0 unspecified atom stereocenters. The lowest BCUT2D eigenvalue weighted by atomic mass is 10.0. The fourth-order valence-corrected chi connectivity index (χ4v) is 2.13. The van der Waals surface area contributed by atoms with Gasteiger partial charge in [-0.05, 0) is 48.5 Å². The van der Waals surface area contributed by atoms with Crippen molar-refractivity contribution >= 4 is 11.6 Å². The molecule has 0 saturated heterocycles. The predicted molar refractivity (Wildman–Crippen MR) is 77.8 cm³/mol. The van der Waals surface area contributed by atoms with Crippen LogP contribution in [0.25, 0.3) is 22.5 Å². The molecule has 0 fully saturated rings. The van der Waals surface area contributed by atoms with Crippen molar-refractivity contribution in [3.05, 3.63) is 71.5 Å². The first-order valence-electron chi connectivity index (χ1n) is 6.18. The molecule has 0 aliphatic carbocycles. The minimum atomic E-state index is -0.336. The molecule has 0 aliphatic heterocycles. The van der Waals surface area contributed by atoms with Crippen LogP contribution < -0.4 is 0 Å². The summed E-state index contributed by atoms with van der Waals surface area (Å²) in [5.74, 6) is -0.666. The second-order valence-corrected chi connectivity index (χ2v) is 4.79. The van der Waals surface area contributed by atoms with Crippen LogP contribution in [0.3, 0.4) is 0 Å². The van der Waals surface area contributed by atoms with Gasteiger partial charge in [-0.3, -0.25) is 4.98 Å². The van der Waals surface area contributed by atoms with Crippen LogP contribution in [-0.2, 0) is 0 Å². The Labute approximate surface area is 125 Å². The lowest BCUT2D eigenvalue weighted by molar-refractivity contribution is 0.627. The monoisotopic (exact) mass is 302 g/mol. The van der Waals surface area contributed by atoms with Gasteiger partial charge in [-0.15, -0.1) is 0 Å². The summed E-state index contributed by atoms with van der Waals surface area (Å²) >= 11 is 5.90. The van der Waals surface area contributed by atoms with Gasteiger partial charge < -0.3 is 0 Å². The molecule has 0 spiro atoms. The van der Waals surface area contributed by atoms with Crippen LogP contribution in [0.1, 0.15) is 0 Å². The molecular formula is C16H9ClF2N2. The topological polar surface area (TPSA) is 25.8 Å². The summed E-state index contributed by atoms with van der Waals surface area (Å²) in [5, 5.41) is 0.236. The Bertz CT molecular complexity index is 771. The maximum atomic E-state index is 13.0. The predicted octanol–water partition coefficient (Wildman–Crippen LogP) is 4.74. The minimum Gasteiger partial charge on any atom is -0.251 e. The molecule has 1 heterocycles. The first-order chi connectivity index (χ1) is 10.1. The van der Waals surface area contributed by atoms with Crippen LogP contribution in [0.5, 0.6) is 0 Å². The molecule has 3 aromatic rings. The number of hydrogen-bond donors (Lipinski definition) is 0. The van der Waals surface area contributed by atoms with Gasteiger partial charge in [-0.2, -0.15) is 0 Å². The Balaban J connectivity index is 2.17. The van der Waals surface area contributed by atoms with Gasteiger partial charge >= 0.3 is 0 Å². The van der Waals surface area contributed by atoms with Gasteiger partial charge in [-0.1, -0.05) is 11.6 Å². The van der Waals surface area contributed by atoms with Gasteiger partial charge in [0.2, 0.25) is 0 Å². The van der Waals surface area contributed by atoms with E-state index in [1.54, 1.807) is 24.3 Å². The fourth-order valence-electron chi connectivity index (χ4n) is 2.00. The largest absolute Gasteiger partial charge is 0.251 e. The summed E-state index contributed by atoms with van der Waals surface area (Å²) in [5.41, 5.74) is 2.48. The Morgan fingerprint density at radius 3 is 1.71 bits per heavy atom. The number of halogens is 3. The Morgan fingerprint density at radius 2 is 1.19 bits per heavy atom. The highest BCUT2D eigenvalue weighted by Crippen LogP contribution is 2.29. The smallest absolute Gasteiger partial charge is 0.148 e. The van der Waals surface area contributed by atoms with E-state index in [-0.39, 0.29) is 16.8 Å². The van der Waals surface area contributed by atoms with Gasteiger partial charge in [0.25, 0.3) is 0 Å². The van der Waals surface area contributed by atoms with Crippen LogP contribution in [0, 0.1) is 11.6 Å². The maximum absolute atomic E-state index is 13.0. The van der Waals surface area contributed by atoms with Crippen LogP contribution in [-0.4, -0.2) is 9.97 Å². The molecule has 0 amide bonds. The number of benzene rings is 2. The Hall–Kier alpha value is -2.33. The van der Waals surface area contributed by atoms with Crippen molar-refractivity contribution in [3.8, 4) is 22.5 Å². The first-order valence-corrected chi connectivity index (χ1v) is 6.56. The molecule has 0 N–H and O–H groups in total. The van der Waals surface area contributed by atoms with E-state index in [2.05, 4.69) is 9.97 Å². The van der Waals surface area contributed by atoms with Gasteiger partial charge in [0.05, 0.1) is 17.6 Å². The lowest BCUT2D eigenvalue weighted by Gasteiger charge is -2.08. The van der Waals surface area contributed by atoms with Crippen molar-refractivity contribution in [2.24, 2.45) is 0 Å². The summed E-state index contributed by atoms with van der Waals surface area (Å²) in [6.07, 6.45) is 1.42. The molecule has 1 aromatic heterocycles. The maximum Gasteiger partial charge on any atom is 0.148 e. The first kappa shape index (κ1) is 13.6. The molecule has 0 bridgehead atoms. The van der Waals surface area contributed by atoms with E-state index in [9.17, 15) is 8.78 Å². The van der Waals surface area contributed by atoms with Gasteiger partial charge in [0.1, 0.15) is 16.8 Å². The number of nitrogens with zero attached hydrogens (tertiary/aromatic N) is 2. The zero-order valence-corrected chi connectivity index (χ0v) is 11.5. The average Bonchev–Trinajstić information content (AvgIpc) is 2.49. The van der Waals surface area contributed by atoms with E-state index in [4.69, 9.17) is 11.6 Å². The number of aromatic nitrogens is 2. The summed E-state index contributed by atoms with van der Waals surface area (Å²) in [7, 11) is 0. The minimum absolute atomic E-state index is 0.236. The molecule has 2 aromatic carbocycles. The highest BCUT2D eigenvalue weighted by molar-refractivity contribution is 6.29. The number of rotatable bonds is 2. The van der Waals surface area contributed by atoms with Crippen LogP contribution >= 0.6 is 11.6 Å². The normalized spacial score (nSPS) is 10.6. The standard InChI is InChI=1S/C16H9ClF2N2/c17-14-9-20-15(10-1-5-12(18)6-2-10)16(21-14)11-3-7-13(19)8-4-11/h1-9H. The van der Waals surface area contributed by atoms with Crippen molar-refractivity contribution < 1.29 is 8.78 Å². The van der Waals surface area contributed by atoms with Gasteiger partial charge in [0.15, 0.2) is 0 Å². The third kappa shape index (κ3) is 2.90. The van der Waals surface area contributed by atoms with E-state index in [0.717, 1.165) is 0 Å². The van der Waals surface area contributed by atoms with E-state index in [1.807, 2.05) is 0 Å². The highest BCUT2D eigenvalue weighted by atomic mass is 35.5. The highest BCUT2D eigenvalue weighted by Gasteiger charge is 2.12. The third-order valence-electron chi connectivity index (χ3n) is 2.98. The van der Waals surface area contributed by atoms with E-state index in [0.29, 0.717) is 22.5 Å². The number of hydrogen-bond acceptors (Lipinski definition) is 2. The average molecular weight is 303 g/mol. The van der Waals surface area contributed by atoms with Crippen molar-refractivity contribution in [3.63, 3.8) is 0 Å². The SMILES string of the molecule is Fc1ccc(-c2ncc(Cl)nc2-c2ccc(F)cc2)cc1. The molecule has 0 saturated carbocycles. The second-order valence-electron chi connectivity index (χ2n) is 4.40. The molecule has 104 valence electrons. The third-order valence-corrected chi connectivity index (χ3v) is 3.16. The molecule has 2 nitrogen and oxygen atoms in total. The fraction of sp³-hybridized carbons (Fsp3) is 0. The summed E-state index contributed by atoms with van der Waals surface area (Å²) < 4.78 is 26.1. The lowest BCUT2D eigenvalue weighted by Crippen LogP contribution is -1.94. The molecule has 0 radical (unpaired) electrons. The van der Waals surface area contributed by atoms with Crippen LogP contribution in [0.2, 0.25) is 5.15 Å². The Kier molecular flexibility index (Phi) is 3.62. The Morgan fingerprint density at radius 1 is 0.714 bits per heavy atom. The zero-order valence-electron chi connectivity index (χ0n) is 10.7. The van der Waals surface area contributed by atoms with E-state index >= 15 is 0 Å². The van der Waals surface area contributed by atoms with Crippen molar-refractivity contribution in [2.45, 2.75) is 0 Å². The molecule has 0 atom stereocenters. The van der Waals surface area contributed by atoms with Crippen molar-refractivity contribution in [2.75, 3.05) is 0 Å². The van der Waals surface area contributed by atoms with Crippen molar-refractivity contribution in [1.82, 2.24) is 9.97 Å². The van der Waals surface area contributed by atoms with Crippen molar-refractivity contribution in [1.29, 1.82) is 0 Å². The molecular weight excluding hydrogens is 294 g/mol. The summed E-state index contributed by atoms with van der Waals surface area (Å²) in [6.45, 7) is 0.